The number of benzene rings is 1. The van der Waals surface area contributed by atoms with Gasteiger partial charge in [0.05, 0.1) is 12.1 Å². The largest absolute Gasteiger partial charge is 0.344 e. The number of aromatic nitrogens is 2. The van der Waals surface area contributed by atoms with Gasteiger partial charge in [0.25, 0.3) is 0 Å². The molecule has 1 aliphatic rings. The number of amides is 2. The van der Waals surface area contributed by atoms with Crippen molar-refractivity contribution in [2.45, 2.75) is 18.9 Å². The predicted octanol–water partition coefficient (Wildman–Crippen LogP) is 0.867. The van der Waals surface area contributed by atoms with Gasteiger partial charge in [-0.05, 0) is 24.6 Å². The van der Waals surface area contributed by atoms with Gasteiger partial charge in [0, 0.05) is 37.9 Å². The van der Waals surface area contributed by atoms with Crippen LogP contribution in [-0.2, 0) is 16.6 Å². The zero-order valence-corrected chi connectivity index (χ0v) is 14.4. The van der Waals surface area contributed by atoms with E-state index in [1.807, 2.05) is 43.6 Å². The van der Waals surface area contributed by atoms with E-state index in [1.54, 1.807) is 17.8 Å². The van der Waals surface area contributed by atoms with Crippen LogP contribution in [0.4, 0.5) is 5.69 Å². The Kier molecular flexibility index (Phi) is 5.14. The molecule has 132 valence electrons. The van der Waals surface area contributed by atoms with Crippen molar-refractivity contribution in [2.75, 3.05) is 18.4 Å². The summed E-state index contributed by atoms with van der Waals surface area (Å²) in [5.41, 5.74) is 1.75. The number of anilines is 1. The van der Waals surface area contributed by atoms with Crippen molar-refractivity contribution in [1.29, 1.82) is 0 Å². The molecule has 0 aliphatic carbocycles. The van der Waals surface area contributed by atoms with Crippen molar-refractivity contribution >= 4 is 17.5 Å². The fraction of sp³-hybridized carbons (Fsp3) is 0.389. The number of nitrogens with one attached hydrogen (secondary N) is 3. The van der Waals surface area contributed by atoms with Gasteiger partial charge in [-0.2, -0.15) is 5.10 Å². The summed E-state index contributed by atoms with van der Waals surface area (Å²) in [6, 6.07) is 8.59. The predicted molar refractivity (Wildman–Crippen MR) is 95.0 cm³/mol. The molecule has 0 radical (unpaired) electrons. The van der Waals surface area contributed by atoms with Gasteiger partial charge in [0.1, 0.15) is 6.04 Å². The summed E-state index contributed by atoms with van der Waals surface area (Å²) in [6.45, 7) is 3.02. The summed E-state index contributed by atoms with van der Waals surface area (Å²) >= 11 is 0. The Morgan fingerprint density at radius 2 is 2.04 bits per heavy atom. The van der Waals surface area contributed by atoms with Gasteiger partial charge in [0.2, 0.25) is 11.8 Å². The van der Waals surface area contributed by atoms with Crippen molar-refractivity contribution in [3.8, 4) is 0 Å². The maximum absolute atomic E-state index is 12.6. The first-order chi connectivity index (χ1) is 12.0. The molecular formula is C18H23N5O2. The van der Waals surface area contributed by atoms with Crippen molar-refractivity contribution in [3.05, 3.63) is 48.3 Å². The van der Waals surface area contributed by atoms with Gasteiger partial charge in [-0.25, -0.2) is 0 Å². The highest BCUT2D eigenvalue weighted by molar-refractivity contribution is 5.97. The van der Waals surface area contributed by atoms with E-state index in [0.717, 1.165) is 12.1 Å². The Morgan fingerprint density at radius 3 is 2.72 bits per heavy atom. The summed E-state index contributed by atoms with van der Waals surface area (Å²) in [6.07, 6.45) is 3.73. The van der Waals surface area contributed by atoms with Gasteiger partial charge >= 0.3 is 0 Å². The molecule has 2 heterocycles. The van der Waals surface area contributed by atoms with Crippen LogP contribution in [0.3, 0.4) is 0 Å². The molecule has 0 bridgehead atoms. The fourth-order valence-corrected chi connectivity index (χ4v) is 3.09. The van der Waals surface area contributed by atoms with Crippen LogP contribution in [0.5, 0.6) is 0 Å². The minimum Gasteiger partial charge on any atom is -0.344 e. The fourth-order valence-electron chi connectivity index (χ4n) is 3.09. The lowest BCUT2D eigenvalue weighted by atomic mass is 9.90. The van der Waals surface area contributed by atoms with E-state index in [-0.39, 0.29) is 23.7 Å². The molecule has 1 aromatic carbocycles. The first-order valence-electron chi connectivity index (χ1n) is 8.40. The highest BCUT2D eigenvalue weighted by atomic mass is 16.2. The normalized spacial score (nSPS) is 20.9. The van der Waals surface area contributed by atoms with Crippen LogP contribution >= 0.6 is 0 Å². The van der Waals surface area contributed by atoms with E-state index in [9.17, 15) is 9.59 Å². The van der Waals surface area contributed by atoms with Crippen LogP contribution in [0.25, 0.3) is 0 Å². The zero-order chi connectivity index (χ0) is 17.8. The van der Waals surface area contributed by atoms with E-state index >= 15 is 0 Å². The number of nitrogens with zero attached hydrogens (tertiary/aromatic N) is 2. The maximum Gasteiger partial charge on any atom is 0.246 e. The van der Waals surface area contributed by atoms with Crippen LogP contribution in [0.2, 0.25) is 0 Å². The third-order valence-corrected chi connectivity index (χ3v) is 4.50. The number of aryl methyl sites for hydroxylation is 1. The molecule has 2 aromatic rings. The second-order valence-corrected chi connectivity index (χ2v) is 6.40. The van der Waals surface area contributed by atoms with Crippen LogP contribution in [0.1, 0.15) is 18.4 Å². The molecule has 1 unspecified atom stereocenters. The summed E-state index contributed by atoms with van der Waals surface area (Å²) < 4.78 is 1.73. The Bertz CT molecular complexity index is 743. The number of para-hydroxylation sites is 1. The zero-order valence-electron chi connectivity index (χ0n) is 14.4. The highest BCUT2D eigenvalue weighted by Gasteiger charge is 2.35. The number of hydrogen-bond acceptors (Lipinski definition) is 4. The molecule has 3 N–H and O–H groups in total. The average molecular weight is 341 g/mol. The topological polar surface area (TPSA) is 88.1 Å². The van der Waals surface area contributed by atoms with E-state index in [0.29, 0.717) is 12.2 Å². The summed E-state index contributed by atoms with van der Waals surface area (Å²) in [7, 11) is 1.86. The molecule has 3 atom stereocenters. The number of carbonyl (C=O) groups is 2. The Morgan fingerprint density at radius 1 is 1.28 bits per heavy atom. The molecular weight excluding hydrogens is 318 g/mol. The smallest absolute Gasteiger partial charge is 0.246 e. The van der Waals surface area contributed by atoms with Crippen LogP contribution in [-0.4, -0.2) is 40.7 Å². The van der Waals surface area contributed by atoms with E-state index in [2.05, 4.69) is 21.0 Å². The quantitative estimate of drug-likeness (QED) is 0.753. The highest BCUT2D eigenvalue weighted by Crippen LogP contribution is 2.28. The Hall–Kier alpha value is -2.67. The first-order valence-corrected chi connectivity index (χ1v) is 8.40. The number of carbonyl (C=O) groups excluding carboxylic acids is 2. The van der Waals surface area contributed by atoms with Crippen LogP contribution in [0, 0.1) is 5.92 Å². The molecule has 1 fully saturated rings. The van der Waals surface area contributed by atoms with E-state index in [4.69, 9.17) is 0 Å². The monoisotopic (exact) mass is 341 g/mol. The lowest BCUT2D eigenvalue weighted by molar-refractivity contribution is -0.128. The van der Waals surface area contributed by atoms with Gasteiger partial charge in [-0.3, -0.25) is 14.3 Å². The second kappa shape index (κ2) is 7.48. The standard InChI is InChI=1S/C18H23N5O2/c1-12(17(24)22-14-6-4-3-5-7-14)21-18(25)16-10-19-9-15(16)13-8-20-23(2)11-13/h3-8,11-12,15-16,19H,9-10H2,1-2H3,(H,21,25)(H,22,24)/t12?,15-,16+/m1/s1. The molecule has 1 aliphatic heterocycles. The van der Waals surface area contributed by atoms with Crippen molar-refractivity contribution in [1.82, 2.24) is 20.4 Å². The minimum absolute atomic E-state index is 0.0677. The van der Waals surface area contributed by atoms with E-state index in [1.165, 1.54) is 0 Å². The molecule has 1 aromatic heterocycles. The van der Waals surface area contributed by atoms with Gasteiger partial charge in [-0.1, -0.05) is 18.2 Å². The third-order valence-electron chi connectivity index (χ3n) is 4.50. The maximum atomic E-state index is 12.6. The lowest BCUT2D eigenvalue weighted by Crippen LogP contribution is -2.45. The van der Waals surface area contributed by atoms with Crippen molar-refractivity contribution in [2.24, 2.45) is 13.0 Å². The average Bonchev–Trinajstić information content (AvgIpc) is 3.24. The molecule has 25 heavy (non-hydrogen) atoms. The second-order valence-electron chi connectivity index (χ2n) is 6.40. The molecule has 0 saturated carbocycles. The van der Waals surface area contributed by atoms with Gasteiger partial charge < -0.3 is 16.0 Å². The molecule has 2 amide bonds. The molecule has 3 rings (SSSR count). The first kappa shape index (κ1) is 17.2. The molecule has 7 nitrogen and oxygen atoms in total. The minimum atomic E-state index is -0.608. The number of hydrogen-bond donors (Lipinski definition) is 3. The summed E-state index contributed by atoms with van der Waals surface area (Å²) in [4.78, 5) is 24.9. The molecule has 0 spiro atoms. The summed E-state index contributed by atoms with van der Waals surface area (Å²) in [5.74, 6) is -0.493. The summed E-state index contributed by atoms with van der Waals surface area (Å²) in [5, 5.41) is 13.1. The number of rotatable bonds is 5. The molecule has 7 heteroatoms. The lowest BCUT2D eigenvalue weighted by Gasteiger charge is -2.20. The van der Waals surface area contributed by atoms with Crippen molar-refractivity contribution < 1.29 is 9.59 Å². The van der Waals surface area contributed by atoms with E-state index < -0.39 is 6.04 Å². The van der Waals surface area contributed by atoms with Crippen LogP contribution < -0.4 is 16.0 Å². The third kappa shape index (κ3) is 4.06. The van der Waals surface area contributed by atoms with Crippen molar-refractivity contribution in [3.63, 3.8) is 0 Å². The Balaban J connectivity index is 1.59. The van der Waals surface area contributed by atoms with Crippen LogP contribution in [0.15, 0.2) is 42.7 Å². The SMILES string of the molecule is CC(NC(=O)[C@H]1CNC[C@@H]1c1cnn(C)c1)C(=O)Nc1ccccc1. The molecule has 1 saturated heterocycles. The Labute approximate surface area is 146 Å². The van der Waals surface area contributed by atoms with Gasteiger partial charge in [-0.15, -0.1) is 0 Å². The van der Waals surface area contributed by atoms with Gasteiger partial charge in [0.15, 0.2) is 0 Å².